The number of halogens is 1. The van der Waals surface area contributed by atoms with Crippen molar-refractivity contribution in [3.63, 3.8) is 0 Å². The van der Waals surface area contributed by atoms with Crippen molar-refractivity contribution in [2.45, 2.75) is 32.4 Å². The molecular formula is C15H18ClNO2. The molecule has 0 radical (unpaired) electrons. The van der Waals surface area contributed by atoms with Gasteiger partial charge >= 0.3 is 0 Å². The first-order chi connectivity index (χ1) is 9.03. The van der Waals surface area contributed by atoms with E-state index < -0.39 is 5.72 Å². The van der Waals surface area contributed by atoms with Crippen LogP contribution in [0.1, 0.15) is 32.3 Å². The second-order valence-corrected chi connectivity index (χ2v) is 5.17. The third kappa shape index (κ3) is 2.17. The Hall–Kier alpha value is -1.32. The lowest BCUT2D eigenvalue weighted by Crippen LogP contribution is -2.45. The van der Waals surface area contributed by atoms with Crippen LogP contribution in [0.4, 0.5) is 0 Å². The van der Waals surface area contributed by atoms with Crippen molar-refractivity contribution in [1.82, 2.24) is 4.90 Å². The van der Waals surface area contributed by atoms with Crippen LogP contribution in [-0.2, 0) is 10.5 Å². The average molecular weight is 280 g/mol. The minimum absolute atomic E-state index is 0.190. The quantitative estimate of drug-likeness (QED) is 0.920. The largest absolute Gasteiger partial charge is 0.362 e. The van der Waals surface area contributed by atoms with Crippen molar-refractivity contribution >= 4 is 17.5 Å². The van der Waals surface area contributed by atoms with Crippen LogP contribution >= 0.6 is 11.6 Å². The number of aliphatic hydroxyl groups is 1. The number of unbranched alkanes of at least 4 members (excludes halogenated alkanes) is 1. The van der Waals surface area contributed by atoms with Crippen molar-refractivity contribution in [3.05, 3.63) is 46.5 Å². The SMILES string of the molecule is CCCCN1C(=O)C(C)=C(Cl)C1(O)c1ccccc1. The van der Waals surface area contributed by atoms with Crippen LogP contribution in [0.3, 0.4) is 0 Å². The molecule has 0 spiro atoms. The number of benzene rings is 1. The minimum atomic E-state index is -1.51. The van der Waals surface area contributed by atoms with Crippen molar-refractivity contribution in [2.75, 3.05) is 6.54 Å². The van der Waals surface area contributed by atoms with Crippen LogP contribution in [0.25, 0.3) is 0 Å². The van der Waals surface area contributed by atoms with Gasteiger partial charge in [0.15, 0.2) is 0 Å². The molecule has 1 aromatic carbocycles. The topological polar surface area (TPSA) is 40.5 Å². The van der Waals surface area contributed by atoms with E-state index in [1.54, 1.807) is 19.1 Å². The van der Waals surface area contributed by atoms with Gasteiger partial charge in [-0.05, 0) is 13.3 Å². The van der Waals surface area contributed by atoms with Gasteiger partial charge in [-0.2, -0.15) is 0 Å². The standard InChI is InChI=1S/C15H18ClNO2/c1-3-4-10-17-14(18)11(2)13(16)15(17,19)12-8-6-5-7-9-12/h5-9,19H,3-4,10H2,1-2H3. The van der Waals surface area contributed by atoms with E-state index in [0.717, 1.165) is 12.8 Å². The third-order valence-electron chi connectivity index (χ3n) is 3.50. The molecule has 102 valence electrons. The van der Waals surface area contributed by atoms with E-state index in [-0.39, 0.29) is 10.9 Å². The second kappa shape index (κ2) is 5.35. The van der Waals surface area contributed by atoms with Gasteiger partial charge in [-0.15, -0.1) is 0 Å². The fourth-order valence-electron chi connectivity index (χ4n) is 2.36. The molecule has 2 rings (SSSR count). The molecular weight excluding hydrogens is 262 g/mol. The highest BCUT2D eigenvalue weighted by Crippen LogP contribution is 2.43. The lowest BCUT2D eigenvalue weighted by atomic mass is 10.0. The molecule has 1 aliphatic heterocycles. The van der Waals surface area contributed by atoms with Gasteiger partial charge < -0.3 is 10.0 Å². The van der Waals surface area contributed by atoms with Gasteiger partial charge in [0.2, 0.25) is 5.72 Å². The zero-order chi connectivity index (χ0) is 14.0. The van der Waals surface area contributed by atoms with Crippen molar-refractivity contribution in [1.29, 1.82) is 0 Å². The minimum Gasteiger partial charge on any atom is -0.362 e. The summed E-state index contributed by atoms with van der Waals surface area (Å²) in [6.45, 7) is 4.20. The Morgan fingerprint density at radius 3 is 2.53 bits per heavy atom. The highest BCUT2D eigenvalue weighted by molar-refractivity contribution is 6.34. The molecule has 0 saturated carbocycles. The summed E-state index contributed by atoms with van der Waals surface area (Å²) >= 11 is 6.24. The lowest BCUT2D eigenvalue weighted by Gasteiger charge is -2.34. The number of amides is 1. The van der Waals surface area contributed by atoms with Crippen molar-refractivity contribution in [3.8, 4) is 0 Å². The van der Waals surface area contributed by atoms with Gasteiger partial charge in [0.25, 0.3) is 5.91 Å². The molecule has 0 bridgehead atoms. The number of nitrogens with zero attached hydrogens (tertiary/aromatic N) is 1. The molecule has 0 fully saturated rings. The number of carbonyl (C=O) groups excluding carboxylic acids is 1. The molecule has 3 nitrogen and oxygen atoms in total. The molecule has 1 N–H and O–H groups in total. The Morgan fingerprint density at radius 2 is 1.95 bits per heavy atom. The molecule has 0 aliphatic carbocycles. The van der Waals surface area contributed by atoms with Crippen LogP contribution in [-0.4, -0.2) is 22.5 Å². The van der Waals surface area contributed by atoms with Crippen LogP contribution in [0.5, 0.6) is 0 Å². The predicted octanol–water partition coefficient (Wildman–Crippen LogP) is 2.99. The van der Waals surface area contributed by atoms with Crippen LogP contribution in [0.2, 0.25) is 0 Å². The first-order valence-corrected chi connectivity index (χ1v) is 6.88. The summed E-state index contributed by atoms with van der Waals surface area (Å²) in [4.78, 5) is 13.7. The summed E-state index contributed by atoms with van der Waals surface area (Å²) in [7, 11) is 0. The molecule has 19 heavy (non-hydrogen) atoms. The van der Waals surface area contributed by atoms with Gasteiger partial charge in [0.05, 0.1) is 5.03 Å². The molecule has 1 atom stereocenters. The monoisotopic (exact) mass is 279 g/mol. The fraction of sp³-hybridized carbons (Fsp3) is 0.400. The molecule has 0 saturated heterocycles. The van der Waals surface area contributed by atoms with E-state index in [1.807, 2.05) is 25.1 Å². The van der Waals surface area contributed by atoms with Gasteiger partial charge in [0, 0.05) is 17.7 Å². The fourth-order valence-corrected chi connectivity index (χ4v) is 2.65. The summed E-state index contributed by atoms with van der Waals surface area (Å²) in [5.74, 6) is -0.190. The predicted molar refractivity (Wildman–Crippen MR) is 75.5 cm³/mol. The summed E-state index contributed by atoms with van der Waals surface area (Å²) in [5, 5.41) is 11.2. The van der Waals surface area contributed by atoms with E-state index in [2.05, 4.69) is 0 Å². The molecule has 1 aromatic rings. The van der Waals surface area contributed by atoms with E-state index in [9.17, 15) is 9.90 Å². The average Bonchev–Trinajstić information content (AvgIpc) is 2.61. The Kier molecular flexibility index (Phi) is 3.97. The zero-order valence-electron chi connectivity index (χ0n) is 11.2. The van der Waals surface area contributed by atoms with E-state index >= 15 is 0 Å². The molecule has 0 aromatic heterocycles. The van der Waals surface area contributed by atoms with Crippen molar-refractivity contribution < 1.29 is 9.90 Å². The smallest absolute Gasteiger partial charge is 0.253 e. The van der Waals surface area contributed by atoms with Crippen LogP contribution in [0.15, 0.2) is 40.9 Å². The highest BCUT2D eigenvalue weighted by Gasteiger charge is 2.49. The van der Waals surface area contributed by atoms with E-state index in [0.29, 0.717) is 17.7 Å². The van der Waals surface area contributed by atoms with Gasteiger partial charge in [0.1, 0.15) is 0 Å². The maximum absolute atomic E-state index is 12.2. The van der Waals surface area contributed by atoms with E-state index in [1.165, 1.54) is 4.90 Å². The molecule has 1 amide bonds. The maximum atomic E-state index is 12.2. The number of carbonyl (C=O) groups is 1. The first kappa shape index (κ1) is 14.1. The maximum Gasteiger partial charge on any atom is 0.253 e. The normalized spacial score (nSPS) is 23.4. The van der Waals surface area contributed by atoms with Gasteiger partial charge in [-0.25, -0.2) is 0 Å². The third-order valence-corrected chi connectivity index (χ3v) is 4.05. The Morgan fingerprint density at radius 1 is 1.32 bits per heavy atom. The van der Waals surface area contributed by atoms with E-state index in [4.69, 9.17) is 11.6 Å². The summed E-state index contributed by atoms with van der Waals surface area (Å²) in [6, 6.07) is 9.09. The lowest BCUT2D eigenvalue weighted by molar-refractivity contribution is -0.144. The van der Waals surface area contributed by atoms with Crippen molar-refractivity contribution in [2.24, 2.45) is 0 Å². The van der Waals surface area contributed by atoms with Crippen LogP contribution < -0.4 is 0 Å². The van der Waals surface area contributed by atoms with Gasteiger partial charge in [-0.1, -0.05) is 55.3 Å². The Labute approximate surface area is 118 Å². The highest BCUT2D eigenvalue weighted by atomic mass is 35.5. The summed E-state index contributed by atoms with van der Waals surface area (Å²) in [5.41, 5.74) is -0.468. The molecule has 1 aliphatic rings. The molecule has 1 heterocycles. The molecule has 4 heteroatoms. The number of hydrogen-bond donors (Lipinski definition) is 1. The van der Waals surface area contributed by atoms with Gasteiger partial charge in [-0.3, -0.25) is 4.79 Å². The zero-order valence-corrected chi connectivity index (χ0v) is 11.9. The first-order valence-electron chi connectivity index (χ1n) is 6.50. The summed E-state index contributed by atoms with van der Waals surface area (Å²) < 4.78 is 0. The Bertz CT molecular complexity index is 512. The number of hydrogen-bond acceptors (Lipinski definition) is 2. The second-order valence-electron chi connectivity index (χ2n) is 4.79. The number of rotatable bonds is 4. The summed E-state index contributed by atoms with van der Waals surface area (Å²) in [6.07, 6.45) is 1.78. The van der Waals surface area contributed by atoms with Crippen LogP contribution in [0, 0.1) is 0 Å². The molecule has 1 unspecified atom stereocenters. The Balaban J connectivity index is 2.47.